The van der Waals surface area contributed by atoms with E-state index in [-0.39, 0.29) is 24.0 Å². The van der Waals surface area contributed by atoms with Gasteiger partial charge in [-0.2, -0.15) is 0 Å². The van der Waals surface area contributed by atoms with Gasteiger partial charge in [0.25, 0.3) is 0 Å². The van der Waals surface area contributed by atoms with Crippen molar-refractivity contribution >= 4 is 24.0 Å². The molecule has 0 aromatic heterocycles. The highest BCUT2D eigenvalue weighted by Gasteiger charge is 1.89. The Balaban J connectivity index is -0.0000000800. The summed E-state index contributed by atoms with van der Waals surface area (Å²) in [6.45, 7) is 21.0. The third kappa shape index (κ3) is 92.0. The van der Waals surface area contributed by atoms with Crippen molar-refractivity contribution in [1.82, 2.24) is 0 Å². The molecule has 0 saturated carbocycles. The SMILES string of the molecule is CCCCCC.CCCCCC.CCCCCC.CCCCCC.CCCCCCCCCCN.I. The molecule has 2 N–H and O–H groups in total. The molecule has 0 aromatic rings. The van der Waals surface area contributed by atoms with Crippen LogP contribution in [0.15, 0.2) is 0 Å². The summed E-state index contributed by atoms with van der Waals surface area (Å²) in [6.07, 6.45) is 33.1. The fraction of sp³-hybridized carbons (Fsp3) is 1.00. The van der Waals surface area contributed by atoms with Gasteiger partial charge in [0.15, 0.2) is 0 Å². The molecule has 0 bridgehead atoms. The topological polar surface area (TPSA) is 26.0 Å². The van der Waals surface area contributed by atoms with Crippen LogP contribution in [0.5, 0.6) is 0 Å². The first kappa shape index (κ1) is 49.6. The van der Waals surface area contributed by atoms with E-state index in [0.29, 0.717) is 0 Å². The first-order valence-corrected chi connectivity index (χ1v) is 16.8. The van der Waals surface area contributed by atoms with Gasteiger partial charge in [-0.3, -0.25) is 0 Å². The van der Waals surface area contributed by atoms with Crippen LogP contribution in [0, 0.1) is 0 Å². The molecule has 1 nitrogen and oxygen atoms in total. The van der Waals surface area contributed by atoms with Gasteiger partial charge in [-0.25, -0.2) is 0 Å². The average Bonchev–Trinajstić information content (AvgIpc) is 2.89. The summed E-state index contributed by atoms with van der Waals surface area (Å²) in [6, 6.07) is 0. The van der Waals surface area contributed by atoms with E-state index in [1.807, 2.05) is 0 Å². The van der Waals surface area contributed by atoms with Gasteiger partial charge in [0.05, 0.1) is 0 Å². The minimum atomic E-state index is 0. The highest BCUT2D eigenvalue weighted by molar-refractivity contribution is 14.0. The van der Waals surface area contributed by atoms with E-state index in [2.05, 4.69) is 62.3 Å². The zero-order valence-electron chi connectivity index (χ0n) is 27.7. The Bertz CT molecular complexity index is 189. The van der Waals surface area contributed by atoms with Crippen LogP contribution in [-0.2, 0) is 0 Å². The monoisotopic (exact) mass is 630 g/mol. The van der Waals surface area contributed by atoms with Gasteiger partial charge in [-0.1, -0.05) is 210 Å². The predicted molar refractivity (Wildman–Crippen MR) is 186 cm³/mol. The Morgan fingerprint density at radius 3 is 0.556 bits per heavy atom. The molecule has 0 amide bonds. The lowest BCUT2D eigenvalue weighted by Gasteiger charge is -1.99. The maximum Gasteiger partial charge on any atom is -0.00773 e. The zero-order valence-corrected chi connectivity index (χ0v) is 30.0. The number of unbranched alkanes of at least 4 members (excludes halogenated alkanes) is 19. The lowest BCUT2D eigenvalue weighted by atomic mass is 10.1. The number of nitrogens with two attached hydrogens (primary N) is 1. The van der Waals surface area contributed by atoms with Crippen molar-refractivity contribution in [3.8, 4) is 0 Å². The zero-order chi connectivity index (χ0) is 27.7. The van der Waals surface area contributed by atoms with Gasteiger partial charge in [0.2, 0.25) is 0 Å². The molecule has 0 atom stereocenters. The summed E-state index contributed by atoms with van der Waals surface area (Å²) in [4.78, 5) is 0. The Kier molecular flexibility index (Phi) is 89.7. The van der Waals surface area contributed by atoms with Crippen LogP contribution in [0.25, 0.3) is 0 Å². The predicted octanol–water partition coefficient (Wildman–Crippen LogP) is 14.1. The van der Waals surface area contributed by atoms with Gasteiger partial charge in [0.1, 0.15) is 0 Å². The number of hydrogen-bond donors (Lipinski definition) is 1. The largest absolute Gasteiger partial charge is 0.330 e. The average molecular weight is 630 g/mol. The molecule has 0 saturated heterocycles. The van der Waals surface area contributed by atoms with Crippen LogP contribution in [0.1, 0.15) is 216 Å². The van der Waals surface area contributed by atoms with E-state index in [1.165, 1.54) is 154 Å². The Morgan fingerprint density at radius 2 is 0.389 bits per heavy atom. The fourth-order valence-electron chi connectivity index (χ4n) is 3.28. The molecule has 0 heterocycles. The fourth-order valence-corrected chi connectivity index (χ4v) is 3.28. The quantitative estimate of drug-likeness (QED) is 0.105. The molecule has 0 aliphatic rings. The summed E-state index contributed by atoms with van der Waals surface area (Å²) < 4.78 is 0. The molecule has 228 valence electrons. The Hall–Kier alpha value is 0.690. The summed E-state index contributed by atoms with van der Waals surface area (Å²) >= 11 is 0. The minimum absolute atomic E-state index is 0. The third-order valence-corrected chi connectivity index (χ3v) is 5.89. The second-order valence-electron chi connectivity index (χ2n) is 10.1. The van der Waals surface area contributed by atoms with Crippen molar-refractivity contribution in [3.63, 3.8) is 0 Å². The van der Waals surface area contributed by atoms with E-state index >= 15 is 0 Å². The maximum atomic E-state index is 5.39. The minimum Gasteiger partial charge on any atom is -0.330 e. The van der Waals surface area contributed by atoms with Crippen molar-refractivity contribution in [3.05, 3.63) is 0 Å². The molecule has 36 heavy (non-hydrogen) atoms. The molecule has 2 heteroatoms. The Morgan fingerprint density at radius 1 is 0.250 bits per heavy atom. The van der Waals surface area contributed by atoms with E-state index in [9.17, 15) is 0 Å². The van der Waals surface area contributed by atoms with E-state index < -0.39 is 0 Å². The molecule has 0 spiro atoms. The van der Waals surface area contributed by atoms with Crippen molar-refractivity contribution in [1.29, 1.82) is 0 Å². The standard InChI is InChI=1S/C10H23N.4C6H14.HI/c1-2-3-4-5-6-7-8-9-10-11;4*1-3-5-6-4-2;/h2-11H2,1H3;4*3-6H2,1-2H3;1H. The molecule has 0 unspecified atom stereocenters. The second-order valence-corrected chi connectivity index (χ2v) is 10.1. The van der Waals surface area contributed by atoms with E-state index in [1.54, 1.807) is 0 Å². The smallest absolute Gasteiger partial charge is 0.00773 e. The molecular weight excluding hydrogens is 549 g/mol. The highest BCUT2D eigenvalue weighted by Crippen LogP contribution is 2.07. The molecule has 0 aliphatic heterocycles. The molecule has 0 aromatic carbocycles. The second kappa shape index (κ2) is 65.1. The number of halogens is 1. The summed E-state index contributed by atoms with van der Waals surface area (Å²) in [5.74, 6) is 0. The number of rotatable bonds is 20. The maximum absolute atomic E-state index is 5.39. The first-order valence-electron chi connectivity index (χ1n) is 16.8. The lowest BCUT2D eigenvalue weighted by molar-refractivity contribution is 0.578. The lowest BCUT2D eigenvalue weighted by Crippen LogP contribution is -1.97. The van der Waals surface area contributed by atoms with E-state index in [4.69, 9.17) is 5.73 Å². The first-order chi connectivity index (χ1) is 17.1. The molecule has 0 rings (SSSR count). The van der Waals surface area contributed by atoms with Crippen LogP contribution in [0.4, 0.5) is 0 Å². The Labute approximate surface area is 251 Å². The summed E-state index contributed by atoms with van der Waals surface area (Å²) in [5.41, 5.74) is 5.39. The van der Waals surface area contributed by atoms with Gasteiger partial charge >= 0.3 is 0 Å². The normalized spacial score (nSPS) is 9.17. The van der Waals surface area contributed by atoms with Crippen molar-refractivity contribution in [2.75, 3.05) is 6.54 Å². The van der Waals surface area contributed by atoms with Crippen LogP contribution in [0.2, 0.25) is 0 Å². The van der Waals surface area contributed by atoms with E-state index in [0.717, 1.165) is 6.54 Å². The van der Waals surface area contributed by atoms with Crippen LogP contribution >= 0.6 is 24.0 Å². The van der Waals surface area contributed by atoms with Crippen LogP contribution < -0.4 is 5.73 Å². The molecule has 0 radical (unpaired) electrons. The van der Waals surface area contributed by atoms with Crippen molar-refractivity contribution in [2.45, 2.75) is 216 Å². The van der Waals surface area contributed by atoms with Crippen molar-refractivity contribution < 1.29 is 0 Å². The van der Waals surface area contributed by atoms with Crippen LogP contribution in [0.3, 0.4) is 0 Å². The molecule has 0 aliphatic carbocycles. The van der Waals surface area contributed by atoms with Gasteiger partial charge in [0, 0.05) is 0 Å². The van der Waals surface area contributed by atoms with Crippen LogP contribution in [-0.4, -0.2) is 6.54 Å². The molecular formula is C34H80IN. The van der Waals surface area contributed by atoms with Gasteiger partial charge < -0.3 is 5.73 Å². The highest BCUT2D eigenvalue weighted by atomic mass is 127. The van der Waals surface area contributed by atoms with Crippen molar-refractivity contribution in [2.24, 2.45) is 5.73 Å². The summed E-state index contributed by atoms with van der Waals surface area (Å²) in [5, 5.41) is 0. The molecule has 0 fully saturated rings. The third-order valence-electron chi connectivity index (χ3n) is 5.89. The summed E-state index contributed by atoms with van der Waals surface area (Å²) in [7, 11) is 0. The van der Waals surface area contributed by atoms with Gasteiger partial charge in [-0.05, 0) is 13.0 Å². The van der Waals surface area contributed by atoms with Gasteiger partial charge in [-0.15, -0.1) is 24.0 Å². The number of hydrogen-bond acceptors (Lipinski definition) is 1.